The van der Waals surface area contributed by atoms with Crippen LogP contribution in [0.2, 0.25) is 0 Å². The first-order valence-corrected chi connectivity index (χ1v) is 19.7. The molecule has 0 radical (unpaired) electrons. The van der Waals surface area contributed by atoms with Gasteiger partial charge in [-0.1, -0.05) is 107 Å². The van der Waals surface area contributed by atoms with Crippen molar-refractivity contribution < 1.29 is 27.7 Å². The lowest BCUT2D eigenvalue weighted by molar-refractivity contribution is 0.243. The standard InChI is InChI=1S/2C13H9Cl4O3P/c2*14-13(15,19-10-6-2-1-3-7-10)11-8-4-5-9-12(11)20-21(16,17)18/h2*1-9H. The maximum absolute atomic E-state index is 11.4. The molecule has 0 amide bonds. The Labute approximate surface area is 281 Å². The van der Waals surface area contributed by atoms with E-state index in [1.165, 1.54) is 12.1 Å². The van der Waals surface area contributed by atoms with Gasteiger partial charge in [0, 0.05) is 45.0 Å². The third-order valence-electron chi connectivity index (χ3n) is 4.79. The van der Waals surface area contributed by atoms with Gasteiger partial charge in [0.1, 0.15) is 23.0 Å². The Morgan fingerprint density at radius 1 is 0.452 bits per heavy atom. The second-order valence-corrected chi connectivity index (χ2v) is 18.8. The molecular weight excluding hydrogens is 754 g/mol. The Bertz CT molecular complexity index is 1430. The zero-order valence-electron chi connectivity index (χ0n) is 20.8. The average molecular weight is 772 g/mol. The van der Waals surface area contributed by atoms with Gasteiger partial charge in [0.05, 0.1) is 11.1 Å². The summed E-state index contributed by atoms with van der Waals surface area (Å²) in [4.78, 5) is 0. The largest absolute Gasteiger partial charge is 0.454 e. The van der Waals surface area contributed by atoms with E-state index in [1.807, 2.05) is 12.1 Å². The Morgan fingerprint density at radius 3 is 1.05 bits per heavy atom. The lowest BCUT2D eigenvalue weighted by Gasteiger charge is -2.24. The van der Waals surface area contributed by atoms with Gasteiger partial charge in [-0.05, 0) is 48.5 Å². The molecule has 4 rings (SSSR count). The second kappa shape index (κ2) is 15.2. The quantitative estimate of drug-likeness (QED) is 0.118. The highest BCUT2D eigenvalue weighted by molar-refractivity contribution is 8.05. The van der Waals surface area contributed by atoms with Gasteiger partial charge in [-0.15, -0.1) is 0 Å². The maximum Gasteiger partial charge on any atom is 0.428 e. The van der Waals surface area contributed by atoms with E-state index in [4.69, 9.17) is 110 Å². The van der Waals surface area contributed by atoms with Crippen LogP contribution in [-0.4, -0.2) is 0 Å². The molecule has 0 aliphatic rings. The summed E-state index contributed by atoms with van der Waals surface area (Å²) >= 11 is 46.6. The molecule has 0 unspecified atom stereocenters. The molecule has 42 heavy (non-hydrogen) atoms. The normalized spacial score (nSPS) is 12.0. The first-order chi connectivity index (χ1) is 19.6. The maximum atomic E-state index is 11.4. The Hall–Kier alpha value is -1.14. The van der Waals surface area contributed by atoms with Gasteiger partial charge in [-0.2, -0.15) is 0 Å². The lowest BCUT2D eigenvalue weighted by atomic mass is 10.2. The number of benzene rings is 4. The second-order valence-electron chi connectivity index (χ2n) is 7.87. The topological polar surface area (TPSA) is 71.1 Å². The number of hydrogen-bond donors (Lipinski definition) is 0. The van der Waals surface area contributed by atoms with Crippen LogP contribution in [0.5, 0.6) is 23.0 Å². The van der Waals surface area contributed by atoms with Crippen LogP contribution in [0.15, 0.2) is 109 Å². The fraction of sp³-hybridized carbons (Fsp3) is 0.0769. The molecule has 6 nitrogen and oxygen atoms in total. The van der Waals surface area contributed by atoms with Crippen LogP contribution >= 0.6 is 104 Å². The number of alkyl halides is 4. The highest BCUT2D eigenvalue weighted by Gasteiger charge is 2.35. The van der Waals surface area contributed by atoms with E-state index in [2.05, 4.69) is 0 Å². The number of rotatable bonds is 10. The van der Waals surface area contributed by atoms with E-state index < -0.39 is 21.2 Å². The SMILES string of the molecule is O=P(Cl)(Cl)Oc1ccccc1C(Cl)(Cl)Oc1ccccc1.O=P(Cl)(Cl)Oc1ccccc1C(Cl)(Cl)Oc1ccccc1. The number of ether oxygens (including phenoxy) is 2. The third kappa shape index (κ3) is 11.7. The van der Waals surface area contributed by atoms with Crippen molar-refractivity contribution in [1.29, 1.82) is 0 Å². The smallest absolute Gasteiger partial charge is 0.428 e. The fourth-order valence-corrected chi connectivity index (χ4v) is 5.83. The monoisotopic (exact) mass is 768 g/mol. The number of para-hydroxylation sites is 4. The van der Waals surface area contributed by atoms with Crippen LogP contribution in [-0.2, 0) is 18.2 Å². The van der Waals surface area contributed by atoms with Gasteiger partial charge in [-0.3, -0.25) is 0 Å². The Balaban J connectivity index is 0.000000230. The molecule has 4 aromatic rings. The van der Waals surface area contributed by atoms with Gasteiger partial charge < -0.3 is 18.5 Å². The van der Waals surface area contributed by atoms with E-state index in [9.17, 15) is 9.13 Å². The molecule has 4 aromatic carbocycles. The molecule has 224 valence electrons. The van der Waals surface area contributed by atoms with Crippen molar-refractivity contribution in [3.63, 3.8) is 0 Å². The first-order valence-electron chi connectivity index (χ1n) is 11.4. The average Bonchev–Trinajstić information content (AvgIpc) is 2.88. The summed E-state index contributed by atoms with van der Waals surface area (Å²) in [6.45, 7) is 0. The summed E-state index contributed by atoms with van der Waals surface area (Å²) in [6, 6.07) is 30.2. The summed E-state index contributed by atoms with van der Waals surface area (Å²) in [5.41, 5.74) is 0.470. The van der Waals surface area contributed by atoms with Crippen molar-refractivity contribution in [2.24, 2.45) is 0 Å². The summed E-state index contributed by atoms with van der Waals surface area (Å²) in [7, 11) is 0. The lowest BCUT2D eigenvalue weighted by Crippen LogP contribution is -2.19. The molecule has 0 atom stereocenters. The third-order valence-corrected chi connectivity index (χ3v) is 7.56. The molecule has 0 bridgehead atoms. The van der Waals surface area contributed by atoms with Crippen LogP contribution in [0.25, 0.3) is 0 Å². The Morgan fingerprint density at radius 2 is 0.738 bits per heavy atom. The summed E-state index contributed by atoms with van der Waals surface area (Å²) in [5, 5.41) is 0. The molecule has 0 fully saturated rings. The predicted octanol–water partition coefficient (Wildman–Crippen LogP) is 12.6. The van der Waals surface area contributed by atoms with Gasteiger partial charge in [0.25, 0.3) is 9.04 Å². The zero-order valence-corrected chi connectivity index (χ0v) is 28.6. The minimum atomic E-state index is -3.79. The van der Waals surface area contributed by atoms with E-state index >= 15 is 0 Å². The molecule has 0 spiro atoms. The van der Waals surface area contributed by atoms with Gasteiger partial charge in [0.15, 0.2) is 0 Å². The molecule has 0 saturated carbocycles. The van der Waals surface area contributed by atoms with Crippen molar-refractivity contribution in [2.45, 2.75) is 9.04 Å². The van der Waals surface area contributed by atoms with Gasteiger partial charge in [-0.25, -0.2) is 9.13 Å². The van der Waals surface area contributed by atoms with Crippen molar-refractivity contribution >= 4 is 104 Å². The van der Waals surface area contributed by atoms with E-state index in [0.29, 0.717) is 11.5 Å². The molecule has 0 aliphatic carbocycles. The molecule has 0 saturated heterocycles. The van der Waals surface area contributed by atoms with Crippen molar-refractivity contribution in [2.75, 3.05) is 0 Å². The first kappa shape index (κ1) is 35.3. The van der Waals surface area contributed by atoms with E-state index in [-0.39, 0.29) is 22.6 Å². The molecule has 0 N–H and O–H groups in total. The Kier molecular flexibility index (Phi) is 12.8. The summed E-state index contributed by atoms with van der Waals surface area (Å²) in [6.07, 6.45) is -7.59. The molecule has 0 aliphatic heterocycles. The minimum Gasteiger partial charge on any atom is -0.454 e. The van der Waals surface area contributed by atoms with Crippen molar-refractivity contribution in [3.8, 4) is 23.0 Å². The summed E-state index contributed by atoms with van der Waals surface area (Å²) < 4.78 is 40.3. The molecular formula is C26H18Cl8O6P2. The van der Waals surface area contributed by atoms with E-state index in [0.717, 1.165) is 0 Å². The highest BCUT2D eigenvalue weighted by atomic mass is 35.9. The molecule has 16 heteroatoms. The van der Waals surface area contributed by atoms with Gasteiger partial charge in [0.2, 0.25) is 0 Å². The zero-order chi connectivity index (χ0) is 31.0. The summed E-state index contributed by atoms with van der Waals surface area (Å²) in [5.74, 6) is 1.06. The fourth-order valence-electron chi connectivity index (χ4n) is 3.19. The number of hydrogen-bond acceptors (Lipinski definition) is 6. The van der Waals surface area contributed by atoms with Crippen LogP contribution in [0.3, 0.4) is 0 Å². The number of halogens is 8. The van der Waals surface area contributed by atoms with Crippen molar-refractivity contribution in [1.82, 2.24) is 0 Å². The molecule has 0 heterocycles. The predicted molar refractivity (Wildman–Crippen MR) is 174 cm³/mol. The van der Waals surface area contributed by atoms with Crippen LogP contribution in [0, 0.1) is 0 Å². The minimum absolute atomic E-state index is 0.0757. The molecule has 0 aromatic heterocycles. The highest BCUT2D eigenvalue weighted by Crippen LogP contribution is 2.59. The van der Waals surface area contributed by atoms with Crippen LogP contribution in [0.4, 0.5) is 0 Å². The van der Waals surface area contributed by atoms with E-state index in [1.54, 1.807) is 84.9 Å². The van der Waals surface area contributed by atoms with Crippen LogP contribution < -0.4 is 18.5 Å². The van der Waals surface area contributed by atoms with Crippen LogP contribution in [0.1, 0.15) is 11.1 Å². The van der Waals surface area contributed by atoms with Crippen molar-refractivity contribution in [3.05, 3.63) is 120 Å². The van der Waals surface area contributed by atoms with Gasteiger partial charge >= 0.3 is 12.1 Å².